The Morgan fingerprint density at radius 2 is 2.15 bits per heavy atom. The smallest absolute Gasteiger partial charge is 0.357 e. The number of rotatable bonds is 4. The molecule has 7 nitrogen and oxygen atoms in total. The number of hydrogen-bond donors (Lipinski definition) is 1. The fourth-order valence-corrected chi connectivity index (χ4v) is 2.55. The van der Waals surface area contributed by atoms with Gasteiger partial charge in [-0.15, -0.1) is 0 Å². The lowest BCUT2D eigenvalue weighted by Crippen LogP contribution is -2.11. The number of aromatic nitrogens is 2. The first-order valence-electron chi connectivity index (χ1n) is 7.73. The van der Waals surface area contributed by atoms with Gasteiger partial charge in [-0.1, -0.05) is 0 Å². The van der Waals surface area contributed by atoms with Gasteiger partial charge in [0.1, 0.15) is 17.6 Å². The molecule has 7 heteroatoms. The Morgan fingerprint density at radius 3 is 2.77 bits per heavy atom. The van der Waals surface area contributed by atoms with Crippen LogP contribution in [0.2, 0.25) is 0 Å². The van der Waals surface area contributed by atoms with Crippen LogP contribution in [0.1, 0.15) is 21.6 Å². The third kappa shape index (κ3) is 3.08. The third-order valence-electron chi connectivity index (χ3n) is 3.84. The van der Waals surface area contributed by atoms with Crippen molar-refractivity contribution in [2.75, 3.05) is 12.8 Å². The van der Waals surface area contributed by atoms with E-state index in [4.69, 9.17) is 15.2 Å². The van der Waals surface area contributed by atoms with Gasteiger partial charge in [-0.3, -0.25) is 4.98 Å². The van der Waals surface area contributed by atoms with E-state index in [9.17, 15) is 10.1 Å². The fourth-order valence-electron chi connectivity index (χ4n) is 2.55. The van der Waals surface area contributed by atoms with Crippen molar-refractivity contribution in [3.8, 4) is 23.3 Å². The van der Waals surface area contributed by atoms with Crippen LogP contribution in [0.4, 0.5) is 5.69 Å². The summed E-state index contributed by atoms with van der Waals surface area (Å²) in [5.74, 6) is 0.662. The first-order valence-corrected chi connectivity index (χ1v) is 7.73. The van der Waals surface area contributed by atoms with E-state index in [1.54, 1.807) is 35.2 Å². The number of nitrogens with two attached hydrogens (primary N) is 1. The van der Waals surface area contributed by atoms with E-state index in [0.29, 0.717) is 17.2 Å². The number of nitrogen functional groups attached to an aromatic ring is 1. The Kier molecular flexibility index (Phi) is 4.58. The SMILES string of the molecule is COC(=O)c1c(N)c(C#N)cn1-c1ccc(Oc2cccnc2)c(C)c1. The number of nitrogens with zero attached hydrogens (tertiary/aromatic N) is 3. The van der Waals surface area contributed by atoms with Crippen LogP contribution in [0.25, 0.3) is 5.69 Å². The van der Waals surface area contributed by atoms with Crippen molar-refractivity contribution >= 4 is 11.7 Å². The summed E-state index contributed by atoms with van der Waals surface area (Å²) in [6, 6.07) is 11.0. The number of carbonyl (C=O) groups excluding carboxylic acids is 1. The largest absolute Gasteiger partial charge is 0.464 e. The van der Waals surface area contributed by atoms with Crippen molar-refractivity contribution in [3.05, 3.63) is 65.7 Å². The second kappa shape index (κ2) is 6.99. The number of aryl methyl sites for hydroxylation is 1. The predicted molar refractivity (Wildman–Crippen MR) is 95.3 cm³/mol. The zero-order valence-electron chi connectivity index (χ0n) is 14.3. The van der Waals surface area contributed by atoms with Gasteiger partial charge in [-0.05, 0) is 42.8 Å². The molecule has 0 spiro atoms. The Bertz CT molecular complexity index is 1000. The monoisotopic (exact) mass is 348 g/mol. The number of anilines is 1. The van der Waals surface area contributed by atoms with E-state index in [0.717, 1.165) is 5.56 Å². The zero-order valence-corrected chi connectivity index (χ0v) is 14.3. The van der Waals surface area contributed by atoms with Crippen LogP contribution in [0.3, 0.4) is 0 Å². The molecule has 130 valence electrons. The maximum Gasteiger partial charge on any atom is 0.357 e. The van der Waals surface area contributed by atoms with Crippen molar-refractivity contribution in [3.63, 3.8) is 0 Å². The molecule has 0 atom stereocenters. The molecule has 0 bridgehead atoms. The van der Waals surface area contributed by atoms with Gasteiger partial charge in [0.15, 0.2) is 5.69 Å². The molecule has 0 radical (unpaired) electrons. The lowest BCUT2D eigenvalue weighted by molar-refractivity contribution is 0.0593. The number of hydrogen-bond acceptors (Lipinski definition) is 6. The van der Waals surface area contributed by atoms with Gasteiger partial charge in [0, 0.05) is 18.1 Å². The summed E-state index contributed by atoms with van der Waals surface area (Å²) in [4.78, 5) is 16.1. The highest BCUT2D eigenvalue weighted by Crippen LogP contribution is 2.29. The molecule has 2 N–H and O–H groups in total. The summed E-state index contributed by atoms with van der Waals surface area (Å²) < 4.78 is 12.1. The highest BCUT2D eigenvalue weighted by molar-refractivity contribution is 5.96. The van der Waals surface area contributed by atoms with Gasteiger partial charge in [-0.2, -0.15) is 5.26 Å². The molecule has 0 aliphatic carbocycles. The predicted octanol–water partition coefficient (Wildman–Crippen LogP) is 3.21. The van der Waals surface area contributed by atoms with Crippen LogP contribution in [-0.4, -0.2) is 22.6 Å². The van der Waals surface area contributed by atoms with Crippen LogP contribution in [0.5, 0.6) is 11.5 Å². The van der Waals surface area contributed by atoms with Crippen LogP contribution >= 0.6 is 0 Å². The maximum absolute atomic E-state index is 12.1. The standard InChI is InChI=1S/C19H16N4O3/c1-12-8-14(5-6-16(12)26-15-4-3-7-22-10-15)23-11-13(9-20)17(21)18(23)19(24)25-2/h3-8,10-11H,21H2,1-2H3. The topological polar surface area (TPSA) is 103 Å². The molecule has 2 aromatic heterocycles. The number of benzene rings is 1. The molecule has 0 saturated carbocycles. The number of methoxy groups -OCH3 is 1. The second-order valence-corrected chi connectivity index (χ2v) is 5.52. The van der Waals surface area contributed by atoms with E-state index < -0.39 is 5.97 Å². The molecule has 0 aliphatic rings. The summed E-state index contributed by atoms with van der Waals surface area (Å²) in [5.41, 5.74) is 7.84. The van der Waals surface area contributed by atoms with E-state index >= 15 is 0 Å². The van der Waals surface area contributed by atoms with Gasteiger partial charge in [-0.25, -0.2) is 4.79 Å². The summed E-state index contributed by atoms with van der Waals surface area (Å²) in [7, 11) is 1.27. The minimum absolute atomic E-state index is 0.0905. The first-order chi connectivity index (χ1) is 12.5. The molecule has 0 amide bonds. The molecule has 26 heavy (non-hydrogen) atoms. The summed E-state index contributed by atoms with van der Waals surface area (Å²) >= 11 is 0. The number of esters is 1. The molecular formula is C19H16N4O3. The van der Waals surface area contributed by atoms with Crippen LogP contribution < -0.4 is 10.5 Å². The average Bonchev–Trinajstić information content (AvgIpc) is 3.00. The molecule has 0 saturated heterocycles. The molecule has 0 unspecified atom stereocenters. The molecular weight excluding hydrogens is 332 g/mol. The fraction of sp³-hybridized carbons (Fsp3) is 0.105. The number of ether oxygens (including phenoxy) is 2. The van der Waals surface area contributed by atoms with E-state index in [-0.39, 0.29) is 16.9 Å². The lowest BCUT2D eigenvalue weighted by atomic mass is 10.2. The number of nitriles is 1. The van der Waals surface area contributed by atoms with E-state index in [2.05, 4.69) is 4.98 Å². The molecule has 3 rings (SSSR count). The normalized spacial score (nSPS) is 10.2. The van der Waals surface area contributed by atoms with E-state index in [1.165, 1.54) is 13.3 Å². The summed E-state index contributed by atoms with van der Waals surface area (Å²) in [6.45, 7) is 1.88. The van der Waals surface area contributed by atoms with Gasteiger partial charge in [0.05, 0.1) is 24.6 Å². The Balaban J connectivity index is 2.02. The lowest BCUT2D eigenvalue weighted by Gasteiger charge is -2.12. The second-order valence-electron chi connectivity index (χ2n) is 5.52. The molecule has 0 fully saturated rings. The quantitative estimate of drug-likeness (QED) is 0.726. The van der Waals surface area contributed by atoms with Crippen molar-refractivity contribution < 1.29 is 14.3 Å². The van der Waals surface area contributed by atoms with Crippen molar-refractivity contribution in [2.24, 2.45) is 0 Å². The highest BCUT2D eigenvalue weighted by atomic mass is 16.5. The van der Waals surface area contributed by atoms with Crippen LogP contribution in [0, 0.1) is 18.3 Å². The number of carbonyl (C=O) groups is 1. The molecule has 0 aliphatic heterocycles. The summed E-state index contributed by atoms with van der Waals surface area (Å²) in [5, 5.41) is 9.20. The molecule has 1 aromatic carbocycles. The van der Waals surface area contributed by atoms with Gasteiger partial charge < -0.3 is 19.8 Å². The van der Waals surface area contributed by atoms with Gasteiger partial charge >= 0.3 is 5.97 Å². The Labute approximate surface area is 150 Å². The van der Waals surface area contributed by atoms with Crippen LogP contribution in [-0.2, 0) is 4.74 Å². The average molecular weight is 348 g/mol. The minimum atomic E-state index is -0.614. The van der Waals surface area contributed by atoms with Crippen LogP contribution in [0.15, 0.2) is 48.9 Å². The van der Waals surface area contributed by atoms with E-state index in [1.807, 2.05) is 25.1 Å². The van der Waals surface area contributed by atoms with Crippen molar-refractivity contribution in [2.45, 2.75) is 6.92 Å². The Hall–Kier alpha value is -3.79. The molecule has 2 heterocycles. The van der Waals surface area contributed by atoms with Gasteiger partial charge in [0.2, 0.25) is 0 Å². The van der Waals surface area contributed by atoms with Crippen molar-refractivity contribution in [1.29, 1.82) is 5.26 Å². The summed E-state index contributed by atoms with van der Waals surface area (Å²) in [6.07, 6.45) is 4.80. The zero-order chi connectivity index (χ0) is 18.7. The van der Waals surface area contributed by atoms with Gasteiger partial charge in [0.25, 0.3) is 0 Å². The highest BCUT2D eigenvalue weighted by Gasteiger charge is 2.22. The Morgan fingerprint density at radius 1 is 1.35 bits per heavy atom. The minimum Gasteiger partial charge on any atom is -0.464 e. The number of pyridine rings is 1. The molecule has 3 aromatic rings. The first kappa shape index (κ1) is 17.0. The third-order valence-corrected chi connectivity index (χ3v) is 3.84. The van der Waals surface area contributed by atoms with Crippen molar-refractivity contribution in [1.82, 2.24) is 9.55 Å². The maximum atomic E-state index is 12.1.